The molecule has 0 bridgehead atoms. The molecule has 114 valence electrons. The molecule has 1 aliphatic heterocycles. The van der Waals surface area contributed by atoms with Crippen molar-refractivity contribution in [1.82, 2.24) is 4.90 Å². The van der Waals surface area contributed by atoms with E-state index in [9.17, 15) is 14.9 Å². The van der Waals surface area contributed by atoms with E-state index in [0.29, 0.717) is 0 Å². The topological polar surface area (TPSA) is 72.7 Å². The Balaban J connectivity index is 2.02. The molecule has 6 heteroatoms. The van der Waals surface area contributed by atoms with Crippen molar-refractivity contribution in [3.05, 3.63) is 33.9 Å². The van der Waals surface area contributed by atoms with Crippen LogP contribution in [0.15, 0.2) is 18.2 Å². The number of carbonyl (C=O) groups is 1. The summed E-state index contributed by atoms with van der Waals surface area (Å²) in [4.78, 5) is 24.5. The van der Waals surface area contributed by atoms with E-state index in [-0.39, 0.29) is 30.0 Å². The average Bonchev–Trinajstić information content (AvgIpc) is 2.46. The highest BCUT2D eigenvalue weighted by atomic mass is 16.6. The summed E-state index contributed by atoms with van der Waals surface area (Å²) in [5.74, 6) is 0.0284. The highest BCUT2D eigenvalue weighted by molar-refractivity contribution is 5.78. The highest BCUT2D eigenvalue weighted by Gasteiger charge is 2.24. The Kier molecular flexibility index (Phi) is 4.77. The van der Waals surface area contributed by atoms with Gasteiger partial charge in [0.2, 0.25) is 0 Å². The first-order valence-electron chi connectivity index (χ1n) is 7.16. The Bertz CT molecular complexity index is 544. The molecule has 0 N–H and O–H groups in total. The van der Waals surface area contributed by atoms with E-state index in [0.717, 1.165) is 31.4 Å². The van der Waals surface area contributed by atoms with Crippen molar-refractivity contribution < 1.29 is 14.5 Å². The van der Waals surface area contributed by atoms with Crippen molar-refractivity contribution in [2.45, 2.75) is 39.2 Å². The molecule has 21 heavy (non-hydrogen) atoms. The summed E-state index contributed by atoms with van der Waals surface area (Å²) in [6.07, 6.45) is 3.13. The molecule has 1 aliphatic rings. The first kappa shape index (κ1) is 15.3. The Morgan fingerprint density at radius 3 is 2.90 bits per heavy atom. The Morgan fingerprint density at radius 2 is 2.24 bits per heavy atom. The fraction of sp³-hybridized carbons (Fsp3) is 0.533. The summed E-state index contributed by atoms with van der Waals surface area (Å²) in [5.41, 5.74) is 0.680. The van der Waals surface area contributed by atoms with Crippen LogP contribution in [0.25, 0.3) is 0 Å². The molecular formula is C15H20N2O4. The van der Waals surface area contributed by atoms with Crippen LogP contribution in [-0.2, 0) is 4.79 Å². The summed E-state index contributed by atoms with van der Waals surface area (Å²) < 4.78 is 5.38. The zero-order valence-corrected chi connectivity index (χ0v) is 12.4. The second-order valence-corrected chi connectivity index (χ2v) is 5.45. The van der Waals surface area contributed by atoms with E-state index in [2.05, 4.69) is 0 Å². The molecule has 6 nitrogen and oxygen atoms in total. The number of benzene rings is 1. The average molecular weight is 292 g/mol. The molecule has 0 saturated carbocycles. The molecular weight excluding hydrogens is 272 g/mol. The maximum Gasteiger partial charge on any atom is 0.311 e. The second-order valence-electron chi connectivity index (χ2n) is 5.45. The van der Waals surface area contributed by atoms with Crippen LogP contribution in [0.4, 0.5) is 5.69 Å². The first-order chi connectivity index (χ1) is 9.99. The lowest BCUT2D eigenvalue weighted by atomic mass is 10.0. The molecule has 0 radical (unpaired) electrons. The Morgan fingerprint density at radius 1 is 1.48 bits per heavy atom. The number of carbonyl (C=O) groups excluding carboxylic acids is 1. The number of nitro groups is 1. The Hall–Kier alpha value is -2.11. The number of likely N-dealkylation sites (tertiary alicyclic amines) is 1. The molecule has 1 atom stereocenters. The maximum atomic E-state index is 12.2. The van der Waals surface area contributed by atoms with Gasteiger partial charge in [-0.05, 0) is 44.7 Å². The van der Waals surface area contributed by atoms with Crippen molar-refractivity contribution >= 4 is 11.6 Å². The van der Waals surface area contributed by atoms with Crippen LogP contribution in [0.5, 0.6) is 5.75 Å². The molecule has 1 aromatic carbocycles. The van der Waals surface area contributed by atoms with E-state index in [1.165, 1.54) is 6.07 Å². The lowest BCUT2D eigenvalue weighted by Gasteiger charge is -2.33. The van der Waals surface area contributed by atoms with Crippen LogP contribution < -0.4 is 4.74 Å². The van der Waals surface area contributed by atoms with Crippen LogP contribution >= 0.6 is 0 Å². The number of ether oxygens (including phenoxy) is 1. The monoisotopic (exact) mass is 292 g/mol. The highest BCUT2D eigenvalue weighted by Crippen LogP contribution is 2.28. The minimum atomic E-state index is -0.490. The number of nitrogens with zero attached hydrogens (tertiary/aromatic N) is 2. The van der Waals surface area contributed by atoms with Crippen molar-refractivity contribution in [3.8, 4) is 5.75 Å². The fourth-order valence-electron chi connectivity index (χ4n) is 2.58. The van der Waals surface area contributed by atoms with Gasteiger partial charge in [-0.25, -0.2) is 0 Å². The van der Waals surface area contributed by atoms with E-state index in [1.54, 1.807) is 24.0 Å². The number of amides is 1. The summed E-state index contributed by atoms with van der Waals surface area (Å²) >= 11 is 0. The van der Waals surface area contributed by atoms with Gasteiger partial charge in [0.1, 0.15) is 0 Å². The third kappa shape index (κ3) is 3.71. The van der Waals surface area contributed by atoms with E-state index in [4.69, 9.17) is 4.74 Å². The van der Waals surface area contributed by atoms with E-state index in [1.807, 2.05) is 6.92 Å². The zero-order chi connectivity index (χ0) is 15.4. The predicted octanol–water partition coefficient (Wildman–Crippen LogP) is 2.68. The number of hydrogen-bond donors (Lipinski definition) is 0. The van der Waals surface area contributed by atoms with Gasteiger partial charge in [0.05, 0.1) is 4.92 Å². The van der Waals surface area contributed by atoms with Gasteiger partial charge in [0.15, 0.2) is 12.4 Å². The minimum Gasteiger partial charge on any atom is -0.477 e. The van der Waals surface area contributed by atoms with Crippen LogP contribution in [-0.4, -0.2) is 34.9 Å². The molecule has 1 heterocycles. The quantitative estimate of drug-likeness (QED) is 0.631. The molecule has 1 unspecified atom stereocenters. The zero-order valence-electron chi connectivity index (χ0n) is 12.4. The van der Waals surface area contributed by atoms with Crippen molar-refractivity contribution in [2.75, 3.05) is 13.2 Å². The van der Waals surface area contributed by atoms with E-state index < -0.39 is 4.92 Å². The lowest BCUT2D eigenvalue weighted by Crippen LogP contribution is -2.44. The van der Waals surface area contributed by atoms with Gasteiger partial charge < -0.3 is 9.64 Å². The standard InChI is InChI=1S/C15H20N2O4/c1-11-6-7-14(13(9-11)17(19)20)21-10-15(18)16-8-4-3-5-12(16)2/h6-7,9,12H,3-5,8,10H2,1-2H3. The molecule has 0 aliphatic carbocycles. The van der Waals surface area contributed by atoms with Gasteiger partial charge >= 0.3 is 5.69 Å². The van der Waals surface area contributed by atoms with Gasteiger partial charge in [0.25, 0.3) is 5.91 Å². The van der Waals surface area contributed by atoms with Crippen molar-refractivity contribution in [3.63, 3.8) is 0 Å². The molecule has 1 fully saturated rings. The number of aryl methyl sites for hydroxylation is 1. The van der Waals surface area contributed by atoms with Gasteiger partial charge in [-0.3, -0.25) is 14.9 Å². The normalized spacial score (nSPS) is 18.4. The SMILES string of the molecule is Cc1ccc(OCC(=O)N2CCCCC2C)c([N+](=O)[O-])c1. The molecule has 1 saturated heterocycles. The summed E-state index contributed by atoms with van der Waals surface area (Å²) in [5, 5.41) is 11.0. The molecule has 0 spiro atoms. The number of nitro benzene ring substituents is 1. The number of rotatable bonds is 4. The van der Waals surface area contributed by atoms with Crippen LogP contribution in [0, 0.1) is 17.0 Å². The minimum absolute atomic E-state index is 0.102. The van der Waals surface area contributed by atoms with Crippen molar-refractivity contribution in [2.24, 2.45) is 0 Å². The van der Waals surface area contributed by atoms with Crippen molar-refractivity contribution in [1.29, 1.82) is 0 Å². The number of piperidine rings is 1. The molecule has 0 aromatic heterocycles. The van der Waals surface area contributed by atoms with Gasteiger partial charge in [-0.15, -0.1) is 0 Å². The maximum absolute atomic E-state index is 12.2. The lowest BCUT2D eigenvalue weighted by molar-refractivity contribution is -0.385. The van der Waals surface area contributed by atoms with E-state index >= 15 is 0 Å². The fourth-order valence-corrected chi connectivity index (χ4v) is 2.58. The molecule has 1 aromatic rings. The second kappa shape index (κ2) is 6.56. The number of hydrogen-bond acceptors (Lipinski definition) is 4. The van der Waals surface area contributed by atoms with Gasteiger partial charge in [-0.1, -0.05) is 6.07 Å². The summed E-state index contributed by atoms with van der Waals surface area (Å²) in [6, 6.07) is 4.93. The Labute approximate surface area is 123 Å². The smallest absolute Gasteiger partial charge is 0.311 e. The summed E-state index contributed by atoms with van der Waals surface area (Å²) in [6.45, 7) is 4.37. The predicted molar refractivity (Wildman–Crippen MR) is 78.4 cm³/mol. The summed E-state index contributed by atoms with van der Waals surface area (Å²) in [7, 11) is 0. The largest absolute Gasteiger partial charge is 0.477 e. The van der Waals surface area contributed by atoms with Crippen LogP contribution in [0.3, 0.4) is 0 Å². The third-order valence-corrected chi connectivity index (χ3v) is 3.79. The van der Waals surface area contributed by atoms with Gasteiger partial charge in [0, 0.05) is 18.7 Å². The third-order valence-electron chi connectivity index (χ3n) is 3.79. The first-order valence-corrected chi connectivity index (χ1v) is 7.16. The van der Waals surface area contributed by atoms with Crippen LogP contribution in [0.2, 0.25) is 0 Å². The van der Waals surface area contributed by atoms with Crippen LogP contribution in [0.1, 0.15) is 31.7 Å². The molecule has 1 amide bonds. The van der Waals surface area contributed by atoms with Gasteiger partial charge in [-0.2, -0.15) is 0 Å². The molecule has 2 rings (SSSR count).